The molecule has 1 aliphatic rings. The summed E-state index contributed by atoms with van der Waals surface area (Å²) in [5.74, 6) is -1.08. The van der Waals surface area contributed by atoms with Crippen LogP contribution in [0, 0.1) is 16.0 Å². The monoisotopic (exact) mass is 387 g/mol. The standard InChI is InChI=1S/C18H17N3O5S/c1-10(16-18(23)20-13-5-3-4-6-15(13)27-16)17(22)19-12-8-7-11(21(24)25)9-14(12)26-2/h3-10,16H,1-2H3,(H,19,22)(H,20,23). The van der Waals surface area contributed by atoms with Crippen molar-refractivity contribution in [3.8, 4) is 5.75 Å². The van der Waals surface area contributed by atoms with E-state index in [0.29, 0.717) is 5.69 Å². The molecule has 2 aromatic rings. The third kappa shape index (κ3) is 3.87. The normalized spacial score (nSPS) is 16.7. The molecule has 0 aromatic heterocycles. The highest BCUT2D eigenvalue weighted by molar-refractivity contribution is 8.01. The van der Waals surface area contributed by atoms with E-state index in [4.69, 9.17) is 4.74 Å². The van der Waals surface area contributed by atoms with Gasteiger partial charge in [-0.1, -0.05) is 19.1 Å². The number of rotatable bonds is 5. The minimum Gasteiger partial charge on any atom is -0.494 e. The number of fused-ring (bicyclic) bond motifs is 1. The van der Waals surface area contributed by atoms with Gasteiger partial charge in [-0.05, 0) is 18.2 Å². The van der Waals surface area contributed by atoms with Gasteiger partial charge < -0.3 is 15.4 Å². The zero-order valence-electron chi connectivity index (χ0n) is 14.6. The van der Waals surface area contributed by atoms with Gasteiger partial charge in [-0.25, -0.2) is 0 Å². The summed E-state index contributed by atoms with van der Waals surface area (Å²) in [4.78, 5) is 36.3. The van der Waals surface area contributed by atoms with Gasteiger partial charge in [0.15, 0.2) is 0 Å². The second-order valence-corrected chi connectivity index (χ2v) is 7.13. The number of nitro groups is 1. The van der Waals surface area contributed by atoms with Crippen LogP contribution in [0.1, 0.15) is 6.92 Å². The summed E-state index contributed by atoms with van der Waals surface area (Å²) in [6.45, 7) is 1.67. The number of non-ortho nitro benzene ring substituents is 1. The first kappa shape index (κ1) is 18.7. The van der Waals surface area contributed by atoms with Gasteiger partial charge in [0.05, 0.1) is 40.6 Å². The van der Waals surface area contributed by atoms with Gasteiger partial charge in [0.2, 0.25) is 11.8 Å². The third-order valence-corrected chi connectivity index (χ3v) is 5.66. The van der Waals surface area contributed by atoms with Crippen LogP contribution in [0.25, 0.3) is 0 Å². The minimum atomic E-state index is -0.636. The molecule has 1 heterocycles. The minimum absolute atomic E-state index is 0.142. The highest BCUT2D eigenvalue weighted by Gasteiger charge is 2.35. The van der Waals surface area contributed by atoms with Crippen LogP contribution in [0.5, 0.6) is 5.75 Å². The van der Waals surface area contributed by atoms with E-state index in [2.05, 4.69) is 10.6 Å². The number of benzene rings is 2. The van der Waals surface area contributed by atoms with Crippen LogP contribution in [-0.4, -0.2) is 29.1 Å². The first-order valence-corrected chi connectivity index (χ1v) is 8.98. The average Bonchev–Trinajstić information content (AvgIpc) is 2.66. The third-order valence-electron chi connectivity index (χ3n) is 4.18. The summed E-state index contributed by atoms with van der Waals surface area (Å²) < 4.78 is 5.13. The molecule has 1 aliphatic heterocycles. The molecule has 9 heteroatoms. The molecule has 2 aromatic carbocycles. The van der Waals surface area contributed by atoms with Crippen LogP contribution in [0.2, 0.25) is 0 Å². The molecule has 0 aliphatic carbocycles. The predicted octanol–water partition coefficient (Wildman–Crippen LogP) is 3.29. The lowest BCUT2D eigenvalue weighted by Gasteiger charge is -2.27. The number of carbonyl (C=O) groups is 2. The highest BCUT2D eigenvalue weighted by Crippen LogP contribution is 2.39. The van der Waals surface area contributed by atoms with Crippen molar-refractivity contribution in [3.63, 3.8) is 0 Å². The number of nitrogens with one attached hydrogen (secondary N) is 2. The molecule has 0 saturated carbocycles. The zero-order valence-corrected chi connectivity index (χ0v) is 15.4. The van der Waals surface area contributed by atoms with E-state index in [9.17, 15) is 19.7 Å². The Labute approximate surface area is 159 Å². The Morgan fingerprint density at radius 3 is 2.78 bits per heavy atom. The molecule has 0 saturated heterocycles. The maximum Gasteiger partial charge on any atom is 0.273 e. The van der Waals surface area contributed by atoms with Crippen molar-refractivity contribution in [3.05, 3.63) is 52.6 Å². The molecule has 2 unspecified atom stereocenters. The number of nitrogens with zero attached hydrogens (tertiary/aromatic N) is 1. The van der Waals surface area contributed by atoms with Crippen LogP contribution in [0.15, 0.2) is 47.4 Å². The van der Waals surface area contributed by atoms with E-state index in [1.54, 1.807) is 6.92 Å². The van der Waals surface area contributed by atoms with E-state index < -0.39 is 16.1 Å². The lowest BCUT2D eigenvalue weighted by atomic mass is 10.1. The molecule has 2 amide bonds. The maximum absolute atomic E-state index is 12.7. The Morgan fingerprint density at radius 2 is 2.07 bits per heavy atom. The molecule has 0 radical (unpaired) electrons. The Kier molecular flexibility index (Phi) is 5.31. The Bertz CT molecular complexity index is 918. The van der Waals surface area contributed by atoms with Crippen LogP contribution in [0.3, 0.4) is 0 Å². The fourth-order valence-corrected chi connectivity index (χ4v) is 3.85. The van der Waals surface area contributed by atoms with E-state index in [-0.39, 0.29) is 23.3 Å². The molecule has 2 atom stereocenters. The van der Waals surface area contributed by atoms with Crippen molar-refractivity contribution in [2.24, 2.45) is 5.92 Å². The Hall–Kier alpha value is -3.07. The Morgan fingerprint density at radius 1 is 1.33 bits per heavy atom. The number of ether oxygens (including phenoxy) is 1. The van der Waals surface area contributed by atoms with E-state index in [0.717, 1.165) is 10.6 Å². The molecule has 2 N–H and O–H groups in total. The van der Waals surface area contributed by atoms with Crippen LogP contribution in [0.4, 0.5) is 17.1 Å². The van der Waals surface area contributed by atoms with E-state index >= 15 is 0 Å². The van der Waals surface area contributed by atoms with Crippen LogP contribution >= 0.6 is 11.8 Å². The molecular weight excluding hydrogens is 370 g/mol. The van der Waals surface area contributed by atoms with Gasteiger partial charge in [-0.2, -0.15) is 0 Å². The number of thioether (sulfide) groups is 1. The fraction of sp³-hybridized carbons (Fsp3) is 0.222. The quantitative estimate of drug-likeness (QED) is 0.602. The number of para-hydroxylation sites is 1. The zero-order chi connectivity index (χ0) is 19.6. The number of hydrogen-bond donors (Lipinski definition) is 2. The van der Waals surface area contributed by atoms with Crippen molar-refractivity contribution in [1.82, 2.24) is 0 Å². The summed E-state index contributed by atoms with van der Waals surface area (Å²) in [5, 5.41) is 15.8. The van der Waals surface area contributed by atoms with Gasteiger partial charge in [0.25, 0.3) is 5.69 Å². The number of methoxy groups -OCH3 is 1. The Balaban J connectivity index is 1.77. The van der Waals surface area contributed by atoms with Crippen LogP contribution < -0.4 is 15.4 Å². The summed E-state index contributed by atoms with van der Waals surface area (Å²) in [5.41, 5.74) is 0.895. The molecular formula is C18H17N3O5S. The lowest BCUT2D eigenvalue weighted by molar-refractivity contribution is -0.384. The molecule has 3 rings (SSSR count). The van der Waals surface area contributed by atoms with Crippen molar-refractivity contribution >= 4 is 40.6 Å². The van der Waals surface area contributed by atoms with Gasteiger partial charge >= 0.3 is 0 Å². The molecule has 27 heavy (non-hydrogen) atoms. The van der Waals surface area contributed by atoms with E-state index in [1.807, 2.05) is 24.3 Å². The summed E-state index contributed by atoms with van der Waals surface area (Å²) in [6, 6.07) is 11.3. The molecule has 0 spiro atoms. The summed E-state index contributed by atoms with van der Waals surface area (Å²) in [6.07, 6.45) is 0. The first-order chi connectivity index (χ1) is 12.9. The predicted molar refractivity (Wildman–Crippen MR) is 102 cm³/mol. The summed E-state index contributed by atoms with van der Waals surface area (Å²) in [7, 11) is 1.36. The molecule has 140 valence electrons. The van der Waals surface area contributed by atoms with Crippen molar-refractivity contribution < 1.29 is 19.2 Å². The van der Waals surface area contributed by atoms with Gasteiger partial charge in [-0.3, -0.25) is 19.7 Å². The highest BCUT2D eigenvalue weighted by atomic mass is 32.2. The summed E-state index contributed by atoms with van der Waals surface area (Å²) >= 11 is 1.33. The van der Waals surface area contributed by atoms with Gasteiger partial charge in [0.1, 0.15) is 5.75 Å². The number of amides is 2. The smallest absolute Gasteiger partial charge is 0.273 e. The van der Waals surface area contributed by atoms with Crippen LogP contribution in [-0.2, 0) is 9.59 Å². The largest absolute Gasteiger partial charge is 0.494 e. The molecule has 8 nitrogen and oxygen atoms in total. The number of carbonyl (C=O) groups excluding carboxylic acids is 2. The fourth-order valence-electron chi connectivity index (χ4n) is 2.68. The number of nitro benzene ring substituents is 1. The van der Waals surface area contributed by atoms with Gasteiger partial charge in [-0.15, -0.1) is 11.8 Å². The SMILES string of the molecule is COc1cc([N+](=O)[O-])ccc1NC(=O)C(C)C1Sc2ccccc2NC1=O. The number of hydrogen-bond acceptors (Lipinski definition) is 6. The van der Waals surface area contributed by atoms with Crippen molar-refractivity contribution in [2.45, 2.75) is 17.1 Å². The number of anilines is 2. The average molecular weight is 387 g/mol. The van der Waals surface area contributed by atoms with Gasteiger partial charge in [0, 0.05) is 11.0 Å². The molecule has 0 bridgehead atoms. The lowest BCUT2D eigenvalue weighted by Crippen LogP contribution is -2.39. The van der Waals surface area contributed by atoms with Crippen molar-refractivity contribution in [1.29, 1.82) is 0 Å². The topological polar surface area (TPSA) is 111 Å². The maximum atomic E-state index is 12.7. The van der Waals surface area contributed by atoms with E-state index in [1.165, 1.54) is 37.1 Å². The molecule has 0 fully saturated rings. The van der Waals surface area contributed by atoms with Crippen molar-refractivity contribution in [2.75, 3.05) is 17.7 Å². The second-order valence-electron chi connectivity index (χ2n) is 5.94. The second kappa shape index (κ2) is 7.67. The first-order valence-electron chi connectivity index (χ1n) is 8.10.